The first-order chi connectivity index (χ1) is 5.76. The van der Waals surface area contributed by atoms with Crippen LogP contribution in [0.5, 0.6) is 0 Å². The molecule has 0 unspecified atom stereocenters. The van der Waals surface area contributed by atoms with Crippen LogP contribution >= 0.6 is 0 Å². The van der Waals surface area contributed by atoms with E-state index < -0.39 is 0 Å². The molecule has 0 saturated heterocycles. The number of methoxy groups -OCH3 is 1. The standard InChI is InChI=1S/C10H16O2/c1-4-6-7-8-9(5-2)10(11)12-3/h2,4,6-8H2,1,3H3. The molecule has 0 rings (SSSR count). The summed E-state index contributed by atoms with van der Waals surface area (Å²) in [5.74, 6) is -0.305. The van der Waals surface area contributed by atoms with Crippen LogP contribution in [0.15, 0.2) is 17.9 Å². The van der Waals surface area contributed by atoms with E-state index in [1.807, 2.05) is 0 Å². The Bertz CT molecular complexity index is 188. The average molecular weight is 168 g/mol. The highest BCUT2D eigenvalue weighted by atomic mass is 16.5. The van der Waals surface area contributed by atoms with Crippen LogP contribution in [0.3, 0.4) is 0 Å². The second-order valence-electron chi connectivity index (χ2n) is 2.60. The Morgan fingerprint density at radius 1 is 1.50 bits per heavy atom. The van der Waals surface area contributed by atoms with Crippen LogP contribution in [0.25, 0.3) is 0 Å². The summed E-state index contributed by atoms with van der Waals surface area (Å²) < 4.78 is 4.56. The highest BCUT2D eigenvalue weighted by molar-refractivity contribution is 5.87. The maximum atomic E-state index is 11.0. The van der Waals surface area contributed by atoms with Gasteiger partial charge in [0.25, 0.3) is 0 Å². The molecule has 0 aromatic carbocycles. The zero-order valence-electron chi connectivity index (χ0n) is 7.85. The van der Waals surface area contributed by atoms with Crippen molar-refractivity contribution in [2.45, 2.75) is 32.6 Å². The molecule has 0 atom stereocenters. The summed E-state index contributed by atoms with van der Waals surface area (Å²) in [5.41, 5.74) is 3.16. The molecular weight excluding hydrogens is 152 g/mol. The topological polar surface area (TPSA) is 26.3 Å². The van der Waals surface area contributed by atoms with Crippen molar-refractivity contribution in [2.75, 3.05) is 7.11 Å². The lowest BCUT2D eigenvalue weighted by Crippen LogP contribution is -2.03. The van der Waals surface area contributed by atoms with Gasteiger partial charge in [-0.1, -0.05) is 26.3 Å². The zero-order valence-corrected chi connectivity index (χ0v) is 7.85. The highest BCUT2D eigenvalue weighted by Crippen LogP contribution is 2.08. The maximum absolute atomic E-state index is 11.0. The Hall–Kier alpha value is -1.01. The Labute approximate surface area is 73.9 Å². The maximum Gasteiger partial charge on any atom is 0.341 e. The van der Waals surface area contributed by atoms with E-state index in [4.69, 9.17) is 0 Å². The van der Waals surface area contributed by atoms with Crippen LogP contribution in [0.2, 0.25) is 0 Å². The zero-order chi connectivity index (χ0) is 9.40. The fourth-order valence-corrected chi connectivity index (χ4v) is 0.938. The Morgan fingerprint density at radius 2 is 2.17 bits per heavy atom. The molecule has 0 amide bonds. The first-order valence-electron chi connectivity index (χ1n) is 4.23. The number of carbonyl (C=O) groups excluding carboxylic acids is 1. The molecule has 0 aromatic rings. The molecule has 12 heavy (non-hydrogen) atoms. The molecule has 0 N–H and O–H groups in total. The Balaban J connectivity index is 3.86. The van der Waals surface area contributed by atoms with E-state index in [0.717, 1.165) is 25.7 Å². The normalized spacial score (nSPS) is 8.83. The lowest BCUT2D eigenvalue weighted by molar-refractivity contribution is -0.136. The molecule has 0 aliphatic heterocycles. The van der Waals surface area contributed by atoms with E-state index >= 15 is 0 Å². The third-order valence-electron chi connectivity index (χ3n) is 1.68. The van der Waals surface area contributed by atoms with Crippen molar-refractivity contribution in [3.8, 4) is 0 Å². The smallest absolute Gasteiger partial charge is 0.341 e. The number of hydrogen-bond acceptors (Lipinski definition) is 2. The van der Waals surface area contributed by atoms with Crippen LogP contribution in [-0.4, -0.2) is 13.1 Å². The number of unbranched alkanes of at least 4 members (excludes halogenated alkanes) is 2. The molecule has 0 fully saturated rings. The van der Waals surface area contributed by atoms with E-state index in [1.54, 1.807) is 0 Å². The third-order valence-corrected chi connectivity index (χ3v) is 1.68. The summed E-state index contributed by atoms with van der Waals surface area (Å²) in [7, 11) is 1.37. The monoisotopic (exact) mass is 168 g/mol. The van der Waals surface area contributed by atoms with Gasteiger partial charge < -0.3 is 4.74 Å². The number of hydrogen-bond donors (Lipinski definition) is 0. The van der Waals surface area contributed by atoms with Gasteiger partial charge in [-0.05, 0) is 12.8 Å². The van der Waals surface area contributed by atoms with Gasteiger partial charge in [-0.15, -0.1) is 5.73 Å². The van der Waals surface area contributed by atoms with Crippen LogP contribution in [0, 0.1) is 0 Å². The van der Waals surface area contributed by atoms with Crippen LogP contribution in [0.4, 0.5) is 0 Å². The van der Waals surface area contributed by atoms with Gasteiger partial charge in [-0.2, -0.15) is 0 Å². The van der Waals surface area contributed by atoms with Crippen molar-refractivity contribution in [1.29, 1.82) is 0 Å². The summed E-state index contributed by atoms with van der Waals surface area (Å²) in [6, 6.07) is 0. The molecule has 0 saturated carbocycles. The van der Waals surface area contributed by atoms with E-state index in [9.17, 15) is 4.79 Å². The van der Waals surface area contributed by atoms with Crippen molar-refractivity contribution in [1.82, 2.24) is 0 Å². The molecule has 0 bridgehead atoms. The van der Waals surface area contributed by atoms with Gasteiger partial charge in [0, 0.05) is 0 Å². The van der Waals surface area contributed by atoms with Crippen molar-refractivity contribution >= 4 is 5.97 Å². The lowest BCUT2D eigenvalue weighted by Gasteiger charge is -2.00. The molecule has 2 nitrogen and oxygen atoms in total. The van der Waals surface area contributed by atoms with Crippen LogP contribution in [0.1, 0.15) is 32.6 Å². The number of rotatable bonds is 5. The molecule has 0 aliphatic carbocycles. The van der Waals surface area contributed by atoms with Crippen LogP contribution < -0.4 is 0 Å². The fraction of sp³-hybridized carbons (Fsp3) is 0.600. The minimum atomic E-state index is -0.305. The summed E-state index contributed by atoms with van der Waals surface area (Å²) in [6.07, 6.45) is 4.00. The van der Waals surface area contributed by atoms with Crippen molar-refractivity contribution in [3.05, 3.63) is 17.9 Å². The second-order valence-corrected chi connectivity index (χ2v) is 2.60. The Kier molecular flexibility index (Phi) is 6.12. The number of carbonyl (C=O) groups is 1. The molecule has 68 valence electrons. The molecule has 0 aromatic heterocycles. The average Bonchev–Trinajstić information content (AvgIpc) is 2.11. The van der Waals surface area contributed by atoms with Gasteiger partial charge in [-0.3, -0.25) is 0 Å². The third kappa shape index (κ3) is 3.99. The second kappa shape index (κ2) is 6.68. The molecule has 0 radical (unpaired) electrons. The van der Waals surface area contributed by atoms with Gasteiger partial charge in [-0.25, -0.2) is 4.79 Å². The van der Waals surface area contributed by atoms with Gasteiger partial charge in [0.15, 0.2) is 0 Å². The lowest BCUT2D eigenvalue weighted by atomic mass is 10.1. The minimum Gasteiger partial charge on any atom is -0.465 e. The van der Waals surface area contributed by atoms with E-state index in [1.165, 1.54) is 7.11 Å². The summed E-state index contributed by atoms with van der Waals surface area (Å²) in [5, 5.41) is 0. The molecule has 0 spiro atoms. The van der Waals surface area contributed by atoms with Crippen molar-refractivity contribution in [3.63, 3.8) is 0 Å². The highest BCUT2D eigenvalue weighted by Gasteiger charge is 2.06. The van der Waals surface area contributed by atoms with Gasteiger partial charge in [0.05, 0.1) is 12.7 Å². The van der Waals surface area contributed by atoms with Gasteiger partial charge >= 0.3 is 5.97 Å². The van der Waals surface area contributed by atoms with E-state index in [-0.39, 0.29) is 5.97 Å². The first-order valence-corrected chi connectivity index (χ1v) is 4.23. The first kappa shape index (κ1) is 11.0. The minimum absolute atomic E-state index is 0.305. The molecule has 2 heteroatoms. The number of ether oxygens (including phenoxy) is 1. The van der Waals surface area contributed by atoms with E-state index in [2.05, 4.69) is 24.0 Å². The van der Waals surface area contributed by atoms with Crippen molar-refractivity contribution < 1.29 is 9.53 Å². The van der Waals surface area contributed by atoms with Crippen molar-refractivity contribution in [2.24, 2.45) is 0 Å². The predicted octanol–water partition coefficient (Wildman–Crippen LogP) is 2.45. The summed E-state index contributed by atoms with van der Waals surface area (Å²) in [4.78, 5) is 11.0. The summed E-state index contributed by atoms with van der Waals surface area (Å²) >= 11 is 0. The predicted molar refractivity (Wildman–Crippen MR) is 48.8 cm³/mol. The van der Waals surface area contributed by atoms with E-state index in [0.29, 0.717) is 5.57 Å². The largest absolute Gasteiger partial charge is 0.465 e. The van der Waals surface area contributed by atoms with Gasteiger partial charge in [0.2, 0.25) is 0 Å². The molecule has 0 heterocycles. The SMILES string of the molecule is C=C=C(CCCCC)C(=O)OC. The molecule has 0 aliphatic rings. The quantitative estimate of drug-likeness (QED) is 0.273. The van der Waals surface area contributed by atoms with Crippen LogP contribution in [-0.2, 0) is 9.53 Å². The molecular formula is C10H16O2. The summed E-state index contributed by atoms with van der Waals surface area (Å²) in [6.45, 7) is 5.57. The van der Waals surface area contributed by atoms with Gasteiger partial charge in [0.1, 0.15) is 0 Å². The Morgan fingerprint density at radius 3 is 2.58 bits per heavy atom. The number of esters is 1. The fourth-order valence-electron chi connectivity index (χ4n) is 0.938.